The van der Waals surface area contributed by atoms with Crippen LogP contribution in [0, 0.1) is 0 Å². The maximum atomic E-state index is 12.3. The van der Waals surface area contributed by atoms with Crippen molar-refractivity contribution in [2.75, 3.05) is 21.3 Å². The number of carbonyl (C=O) groups excluding carboxylic acids is 1. The first-order chi connectivity index (χ1) is 13.1. The maximum Gasteiger partial charge on any atom is 0.203 e. The Balaban J connectivity index is 2.03. The van der Waals surface area contributed by atoms with Crippen molar-refractivity contribution in [1.29, 1.82) is 0 Å². The summed E-state index contributed by atoms with van der Waals surface area (Å²) in [5, 5.41) is 0. The lowest BCUT2D eigenvalue weighted by Gasteiger charge is -2.15. The minimum atomic E-state index is 0.0359. The van der Waals surface area contributed by atoms with Gasteiger partial charge in [-0.25, -0.2) is 0 Å². The average molecular weight is 368 g/mol. The fourth-order valence-electron chi connectivity index (χ4n) is 3.08. The number of ether oxygens (including phenoxy) is 4. The van der Waals surface area contributed by atoms with Crippen molar-refractivity contribution >= 4 is 5.78 Å². The van der Waals surface area contributed by atoms with Crippen molar-refractivity contribution in [2.45, 2.75) is 25.7 Å². The third-order valence-electron chi connectivity index (χ3n) is 4.56. The SMILES string of the molecule is CO/C1=C/C(=O)CCc2cc(OC)c(OC)c(c2)Oc2ccc(cc2)CC1. The molecular formula is C22H24O5. The van der Waals surface area contributed by atoms with E-state index in [1.807, 2.05) is 36.4 Å². The van der Waals surface area contributed by atoms with Crippen LogP contribution in [0.4, 0.5) is 0 Å². The van der Waals surface area contributed by atoms with E-state index in [4.69, 9.17) is 18.9 Å². The molecule has 0 aliphatic carbocycles. The quantitative estimate of drug-likeness (QED) is 0.800. The summed E-state index contributed by atoms with van der Waals surface area (Å²) in [6, 6.07) is 11.6. The predicted molar refractivity (Wildman–Crippen MR) is 103 cm³/mol. The van der Waals surface area contributed by atoms with Gasteiger partial charge in [-0.3, -0.25) is 4.79 Å². The van der Waals surface area contributed by atoms with E-state index in [9.17, 15) is 4.79 Å². The number of ketones is 1. The van der Waals surface area contributed by atoms with Crippen molar-refractivity contribution < 1.29 is 23.7 Å². The molecule has 0 saturated carbocycles. The van der Waals surface area contributed by atoms with Crippen LogP contribution in [0.25, 0.3) is 0 Å². The Kier molecular flexibility index (Phi) is 6.01. The molecule has 0 N–H and O–H groups in total. The molecule has 0 saturated heterocycles. The van der Waals surface area contributed by atoms with Gasteiger partial charge in [0.2, 0.25) is 5.75 Å². The van der Waals surface area contributed by atoms with Gasteiger partial charge in [0, 0.05) is 18.9 Å². The molecule has 4 rings (SSSR count). The highest BCUT2D eigenvalue weighted by molar-refractivity contribution is 5.90. The standard InChI is InChI=1S/C22H24O5/c1-24-19-11-7-15-5-9-18(10-6-15)27-21-13-16(4-8-17(23)14-19)12-20(25-2)22(21)26-3/h5-6,9-10,12-14H,4,7-8,11H2,1-3H3/b19-14+. The topological polar surface area (TPSA) is 54.0 Å². The number of hydrogen-bond donors (Lipinski definition) is 0. The Labute approximate surface area is 159 Å². The molecule has 0 amide bonds. The van der Waals surface area contributed by atoms with E-state index in [2.05, 4.69) is 0 Å². The van der Waals surface area contributed by atoms with Gasteiger partial charge in [-0.1, -0.05) is 12.1 Å². The van der Waals surface area contributed by atoms with Crippen molar-refractivity contribution in [3.05, 3.63) is 59.4 Å². The molecule has 2 aliphatic rings. The minimum Gasteiger partial charge on any atom is -0.501 e. The van der Waals surface area contributed by atoms with Gasteiger partial charge < -0.3 is 18.9 Å². The van der Waals surface area contributed by atoms with Crippen LogP contribution in [0.3, 0.4) is 0 Å². The van der Waals surface area contributed by atoms with Crippen LogP contribution in [0.2, 0.25) is 0 Å². The molecule has 0 aromatic heterocycles. The molecule has 27 heavy (non-hydrogen) atoms. The van der Waals surface area contributed by atoms with Crippen LogP contribution >= 0.6 is 0 Å². The van der Waals surface area contributed by atoms with Gasteiger partial charge in [-0.2, -0.15) is 0 Å². The largest absolute Gasteiger partial charge is 0.501 e. The lowest BCUT2D eigenvalue weighted by molar-refractivity contribution is -0.114. The number of benzene rings is 2. The summed E-state index contributed by atoms with van der Waals surface area (Å²) in [5.41, 5.74) is 2.08. The average Bonchev–Trinajstić information content (AvgIpc) is 2.70. The maximum absolute atomic E-state index is 12.3. The van der Waals surface area contributed by atoms with E-state index in [1.165, 1.54) is 0 Å². The van der Waals surface area contributed by atoms with Gasteiger partial charge in [0.05, 0.1) is 27.1 Å². The number of carbonyl (C=O) groups is 1. The highest BCUT2D eigenvalue weighted by atomic mass is 16.5. The van der Waals surface area contributed by atoms with E-state index in [1.54, 1.807) is 27.4 Å². The summed E-state index contributed by atoms with van der Waals surface area (Å²) in [6.45, 7) is 0. The molecule has 4 bridgehead atoms. The molecule has 0 radical (unpaired) electrons. The summed E-state index contributed by atoms with van der Waals surface area (Å²) in [6.07, 6.45) is 4.02. The summed E-state index contributed by atoms with van der Waals surface area (Å²) in [7, 11) is 4.77. The van der Waals surface area contributed by atoms with Crippen LogP contribution in [-0.4, -0.2) is 27.1 Å². The van der Waals surface area contributed by atoms with Crippen molar-refractivity contribution in [3.8, 4) is 23.0 Å². The van der Waals surface area contributed by atoms with E-state index in [-0.39, 0.29) is 5.78 Å². The van der Waals surface area contributed by atoms with Crippen molar-refractivity contribution in [2.24, 2.45) is 0 Å². The third kappa shape index (κ3) is 4.61. The Morgan fingerprint density at radius 2 is 1.56 bits per heavy atom. The fraction of sp³-hybridized carbons (Fsp3) is 0.318. The number of hydrogen-bond acceptors (Lipinski definition) is 5. The number of methoxy groups -OCH3 is 3. The lowest BCUT2D eigenvalue weighted by Crippen LogP contribution is -2.01. The van der Waals surface area contributed by atoms with Crippen LogP contribution in [-0.2, 0) is 22.4 Å². The number of rotatable bonds is 3. The highest BCUT2D eigenvalue weighted by Gasteiger charge is 2.16. The van der Waals surface area contributed by atoms with Gasteiger partial charge >= 0.3 is 0 Å². The second kappa shape index (κ2) is 8.62. The normalized spacial score (nSPS) is 16.4. The fourth-order valence-corrected chi connectivity index (χ4v) is 3.08. The van der Waals surface area contributed by atoms with Crippen LogP contribution in [0.5, 0.6) is 23.0 Å². The smallest absolute Gasteiger partial charge is 0.203 e. The van der Waals surface area contributed by atoms with Crippen molar-refractivity contribution in [3.63, 3.8) is 0 Å². The van der Waals surface area contributed by atoms with Gasteiger partial charge in [-0.15, -0.1) is 0 Å². The molecule has 5 heteroatoms. The Hall–Kier alpha value is -2.95. The van der Waals surface area contributed by atoms with E-state index in [0.29, 0.717) is 48.0 Å². The molecule has 5 nitrogen and oxygen atoms in total. The molecule has 0 fully saturated rings. The number of allylic oxidation sites excluding steroid dienone is 2. The van der Waals surface area contributed by atoms with Crippen molar-refractivity contribution in [1.82, 2.24) is 0 Å². The summed E-state index contributed by atoms with van der Waals surface area (Å²) in [5.74, 6) is 3.12. The van der Waals surface area contributed by atoms with E-state index >= 15 is 0 Å². The molecule has 142 valence electrons. The first-order valence-corrected chi connectivity index (χ1v) is 8.92. The lowest BCUT2D eigenvalue weighted by atomic mass is 10.0. The van der Waals surface area contributed by atoms with E-state index < -0.39 is 0 Å². The molecular weight excluding hydrogens is 344 g/mol. The first-order valence-electron chi connectivity index (χ1n) is 8.92. The number of fused-ring (bicyclic) bond motifs is 7. The molecule has 0 atom stereocenters. The Morgan fingerprint density at radius 1 is 0.815 bits per heavy atom. The van der Waals surface area contributed by atoms with Gasteiger partial charge in [0.25, 0.3) is 0 Å². The van der Waals surface area contributed by atoms with Crippen LogP contribution in [0.1, 0.15) is 24.0 Å². The zero-order valence-electron chi connectivity index (χ0n) is 15.9. The molecule has 2 aromatic rings. The zero-order chi connectivity index (χ0) is 19.2. The number of aryl methyl sites for hydroxylation is 2. The monoisotopic (exact) mass is 368 g/mol. The second-order valence-electron chi connectivity index (χ2n) is 6.36. The minimum absolute atomic E-state index is 0.0359. The molecule has 0 spiro atoms. The van der Waals surface area contributed by atoms with E-state index in [0.717, 1.165) is 17.5 Å². The summed E-state index contributed by atoms with van der Waals surface area (Å²) < 4.78 is 22.4. The molecule has 0 unspecified atom stereocenters. The Morgan fingerprint density at radius 3 is 2.22 bits per heavy atom. The third-order valence-corrected chi connectivity index (χ3v) is 4.56. The van der Waals surface area contributed by atoms with Gasteiger partial charge in [0.15, 0.2) is 17.3 Å². The van der Waals surface area contributed by atoms with Crippen LogP contribution in [0.15, 0.2) is 48.2 Å². The Bertz CT molecular complexity index is 837. The second-order valence-corrected chi connectivity index (χ2v) is 6.36. The summed E-state index contributed by atoms with van der Waals surface area (Å²) >= 11 is 0. The summed E-state index contributed by atoms with van der Waals surface area (Å²) in [4.78, 5) is 12.3. The van der Waals surface area contributed by atoms with Gasteiger partial charge in [0.1, 0.15) is 5.75 Å². The zero-order valence-corrected chi connectivity index (χ0v) is 15.9. The first kappa shape index (κ1) is 18.8. The predicted octanol–water partition coefficient (Wildman–Crippen LogP) is 4.47. The van der Waals surface area contributed by atoms with Gasteiger partial charge in [-0.05, 0) is 48.2 Å². The van der Waals surface area contributed by atoms with Crippen LogP contribution < -0.4 is 14.2 Å². The molecule has 2 heterocycles. The molecule has 2 aliphatic heterocycles. The molecule has 2 aromatic carbocycles. The highest BCUT2D eigenvalue weighted by Crippen LogP contribution is 2.41.